The Labute approximate surface area is 265 Å². The van der Waals surface area contributed by atoms with Gasteiger partial charge in [0, 0.05) is 61.2 Å². The molecule has 0 aromatic heterocycles. The maximum atomic E-state index is 13.6. The number of fused-ring (bicyclic) bond motifs is 3. The second-order valence-corrected chi connectivity index (χ2v) is 12.1. The third kappa shape index (κ3) is 5.74. The van der Waals surface area contributed by atoms with Crippen LogP contribution in [0.5, 0.6) is 11.5 Å². The number of alkyl carbamates (subject to hydrolysis) is 1. The lowest BCUT2D eigenvalue weighted by atomic mass is 9.73. The van der Waals surface area contributed by atoms with Gasteiger partial charge in [-0.2, -0.15) is 0 Å². The van der Waals surface area contributed by atoms with Crippen molar-refractivity contribution in [3.05, 3.63) is 93.5 Å². The number of nitrogens with one attached hydrogen (secondary N) is 1. The second-order valence-electron chi connectivity index (χ2n) is 12.1. The Hall–Kier alpha value is -4.33. The van der Waals surface area contributed by atoms with Gasteiger partial charge in [-0.1, -0.05) is 54.6 Å². The number of carbonyl (C=O) groups is 3. The van der Waals surface area contributed by atoms with Crippen LogP contribution >= 0.6 is 0 Å². The van der Waals surface area contributed by atoms with Gasteiger partial charge in [-0.3, -0.25) is 9.59 Å². The summed E-state index contributed by atoms with van der Waals surface area (Å²) in [7, 11) is 1.53. The van der Waals surface area contributed by atoms with Crippen molar-refractivity contribution in [2.75, 3.05) is 13.7 Å². The first-order valence-electron chi connectivity index (χ1n) is 15.1. The topological polar surface area (TPSA) is 187 Å². The summed E-state index contributed by atoms with van der Waals surface area (Å²) in [6, 6.07) is 14.9. The number of hydrogen-bond acceptors (Lipinski definition) is 11. The van der Waals surface area contributed by atoms with E-state index in [1.54, 1.807) is 19.1 Å². The summed E-state index contributed by atoms with van der Waals surface area (Å²) in [5, 5.41) is 37.7. The largest absolute Gasteiger partial charge is 0.507 e. The van der Waals surface area contributed by atoms with Crippen molar-refractivity contribution in [2.24, 2.45) is 5.73 Å². The molecular weight excluding hydrogens is 596 g/mol. The zero-order valence-corrected chi connectivity index (χ0v) is 25.4. The van der Waals surface area contributed by atoms with E-state index in [2.05, 4.69) is 5.32 Å². The van der Waals surface area contributed by atoms with E-state index in [0.717, 1.165) is 5.56 Å². The summed E-state index contributed by atoms with van der Waals surface area (Å²) < 4.78 is 23.2. The molecule has 1 amide bonds. The van der Waals surface area contributed by atoms with Crippen LogP contribution in [-0.4, -0.2) is 76.8 Å². The third-order valence-corrected chi connectivity index (χ3v) is 8.91. The summed E-state index contributed by atoms with van der Waals surface area (Å²) in [6.07, 6.45) is -4.05. The van der Waals surface area contributed by atoms with Gasteiger partial charge in [-0.25, -0.2) is 4.79 Å². The molecule has 0 saturated carbocycles. The number of rotatable bonds is 7. The van der Waals surface area contributed by atoms with E-state index in [0.29, 0.717) is 0 Å². The minimum Gasteiger partial charge on any atom is -0.507 e. The van der Waals surface area contributed by atoms with Crippen LogP contribution in [0.1, 0.15) is 74.4 Å². The molecule has 1 fully saturated rings. The molecule has 12 nitrogen and oxygen atoms in total. The first kappa shape index (κ1) is 31.6. The Balaban J connectivity index is 1.34. The Morgan fingerprint density at radius 1 is 1.02 bits per heavy atom. The van der Waals surface area contributed by atoms with Crippen LogP contribution in [0.4, 0.5) is 4.79 Å². The third-order valence-electron chi connectivity index (χ3n) is 8.91. The normalized spacial score (nSPS) is 26.9. The Morgan fingerprint density at radius 3 is 2.28 bits per heavy atom. The summed E-state index contributed by atoms with van der Waals surface area (Å²) in [4.78, 5) is 39.8. The molecule has 6 atom stereocenters. The van der Waals surface area contributed by atoms with Crippen LogP contribution in [-0.2, 0) is 31.9 Å². The molecule has 3 aromatic carbocycles. The lowest BCUT2D eigenvalue weighted by molar-refractivity contribution is -0.251. The van der Waals surface area contributed by atoms with E-state index in [-0.39, 0.29) is 59.2 Å². The van der Waals surface area contributed by atoms with Gasteiger partial charge in [-0.05, 0) is 12.5 Å². The number of aliphatic hydroxyl groups is 1. The van der Waals surface area contributed by atoms with Crippen molar-refractivity contribution in [1.29, 1.82) is 0 Å². The van der Waals surface area contributed by atoms with Crippen molar-refractivity contribution in [3.8, 4) is 11.5 Å². The molecule has 0 bridgehead atoms. The monoisotopic (exact) mass is 632 g/mol. The number of phenolic OH excluding ortho intramolecular Hbond substituents is 2. The zero-order chi connectivity index (χ0) is 32.7. The molecule has 242 valence electrons. The van der Waals surface area contributed by atoms with Crippen LogP contribution in [0.3, 0.4) is 0 Å². The average molecular weight is 633 g/mol. The van der Waals surface area contributed by atoms with Crippen LogP contribution in [0.25, 0.3) is 0 Å². The standard InChI is InChI=1S/C34H36N2O10/c1-17-32(43-2)22(35)12-24(45-17)46-23-14-34(42,16-44-33(41)36-15-18-8-4-3-5-9-18)13-21-25(23)31(40)27-26(30(21)39)28(37)19-10-6-7-11-20(19)29(27)38/h3-11,17,22-24,32,39-40,42H,12-16,35H2,1-2H3,(H,36,41)/t17-,22+,23+,24+,32+,34?/m1/s1. The number of hydrogen-bond donors (Lipinski definition) is 5. The van der Waals surface area contributed by atoms with Crippen molar-refractivity contribution in [3.63, 3.8) is 0 Å². The van der Waals surface area contributed by atoms with E-state index < -0.39 is 72.0 Å². The molecule has 3 aliphatic rings. The number of nitrogens with two attached hydrogens (primary N) is 1. The van der Waals surface area contributed by atoms with Crippen LogP contribution in [0.2, 0.25) is 0 Å². The van der Waals surface area contributed by atoms with Crippen molar-refractivity contribution in [2.45, 2.75) is 69.0 Å². The highest BCUT2D eigenvalue weighted by atomic mass is 16.7. The van der Waals surface area contributed by atoms with Crippen molar-refractivity contribution in [1.82, 2.24) is 5.32 Å². The highest BCUT2D eigenvalue weighted by Crippen LogP contribution is 2.52. The highest BCUT2D eigenvalue weighted by Gasteiger charge is 2.48. The van der Waals surface area contributed by atoms with Crippen LogP contribution in [0.15, 0.2) is 54.6 Å². The Kier molecular flexibility index (Phi) is 8.57. The minimum atomic E-state index is -1.81. The number of ketones is 2. The van der Waals surface area contributed by atoms with Crippen molar-refractivity contribution < 1.29 is 48.7 Å². The summed E-state index contributed by atoms with van der Waals surface area (Å²) >= 11 is 0. The fraction of sp³-hybridized carbons (Fsp3) is 0.382. The smallest absolute Gasteiger partial charge is 0.407 e. The molecule has 1 aliphatic heterocycles. The van der Waals surface area contributed by atoms with Gasteiger partial charge in [0.25, 0.3) is 0 Å². The SMILES string of the molecule is CO[C@@H]1[C@@H](N)C[C@H](O[C@H]2CC(O)(COC(=O)NCc3ccccc3)Cc3c(O)c4c(c(O)c32)C(=O)c2ccccc2C4=O)O[C@@H]1C. The fourth-order valence-corrected chi connectivity index (χ4v) is 6.72. The highest BCUT2D eigenvalue weighted by molar-refractivity contribution is 6.30. The number of ether oxygens (including phenoxy) is 4. The maximum absolute atomic E-state index is 13.6. The number of benzene rings is 3. The molecule has 0 spiro atoms. The lowest BCUT2D eigenvalue weighted by Crippen LogP contribution is -2.53. The first-order valence-corrected chi connectivity index (χ1v) is 15.1. The van der Waals surface area contributed by atoms with E-state index in [1.807, 2.05) is 30.3 Å². The molecular formula is C34H36N2O10. The van der Waals surface area contributed by atoms with E-state index >= 15 is 0 Å². The molecule has 12 heteroatoms. The molecule has 0 radical (unpaired) electrons. The number of aromatic hydroxyl groups is 2. The minimum absolute atomic E-state index is 0.00764. The maximum Gasteiger partial charge on any atom is 0.407 e. The summed E-state index contributed by atoms with van der Waals surface area (Å²) in [5.41, 5.74) is 4.86. The quantitative estimate of drug-likeness (QED) is 0.189. The van der Waals surface area contributed by atoms with Gasteiger partial charge in [0.15, 0.2) is 17.9 Å². The molecule has 46 heavy (non-hydrogen) atoms. The van der Waals surface area contributed by atoms with E-state index in [9.17, 15) is 29.7 Å². The molecule has 3 aromatic rings. The first-order chi connectivity index (χ1) is 22.0. The lowest BCUT2D eigenvalue weighted by Gasteiger charge is -2.43. The molecule has 1 heterocycles. The fourth-order valence-electron chi connectivity index (χ4n) is 6.72. The van der Waals surface area contributed by atoms with E-state index in [4.69, 9.17) is 24.7 Å². The van der Waals surface area contributed by atoms with Gasteiger partial charge < -0.3 is 45.3 Å². The van der Waals surface area contributed by atoms with Gasteiger partial charge in [0.2, 0.25) is 0 Å². The number of amides is 1. The van der Waals surface area contributed by atoms with Gasteiger partial charge in [0.05, 0.1) is 29.4 Å². The predicted octanol–water partition coefficient (Wildman–Crippen LogP) is 3.01. The predicted molar refractivity (Wildman–Crippen MR) is 163 cm³/mol. The summed E-state index contributed by atoms with van der Waals surface area (Å²) in [6.45, 7) is 1.47. The van der Waals surface area contributed by atoms with Gasteiger partial charge in [-0.15, -0.1) is 0 Å². The number of phenols is 2. The molecule has 1 unspecified atom stereocenters. The Morgan fingerprint density at radius 2 is 1.65 bits per heavy atom. The van der Waals surface area contributed by atoms with Crippen LogP contribution < -0.4 is 11.1 Å². The number of carbonyl (C=O) groups excluding carboxylic acids is 3. The van der Waals surface area contributed by atoms with Crippen LogP contribution in [0, 0.1) is 0 Å². The average Bonchev–Trinajstić information content (AvgIpc) is 3.03. The van der Waals surface area contributed by atoms with Crippen molar-refractivity contribution >= 4 is 17.7 Å². The van der Waals surface area contributed by atoms with E-state index in [1.165, 1.54) is 19.2 Å². The number of methoxy groups -OCH3 is 1. The zero-order valence-electron chi connectivity index (χ0n) is 25.4. The van der Waals surface area contributed by atoms with Gasteiger partial charge >= 0.3 is 6.09 Å². The molecule has 1 saturated heterocycles. The second kappa shape index (κ2) is 12.5. The molecule has 6 N–H and O–H groups in total. The van der Waals surface area contributed by atoms with Gasteiger partial charge in [0.1, 0.15) is 23.7 Å². The Bertz CT molecular complexity index is 1670. The molecule has 2 aliphatic carbocycles. The molecule has 6 rings (SSSR count). The summed E-state index contributed by atoms with van der Waals surface area (Å²) in [5.74, 6) is -2.38.